The average molecular weight is 595 g/mol. The van der Waals surface area contributed by atoms with Crippen molar-refractivity contribution in [2.75, 3.05) is 24.9 Å². The number of nitrogens with one attached hydrogen (secondary N) is 2. The molecule has 2 aromatic carbocycles. The quantitative estimate of drug-likeness (QED) is 0.197. The molecule has 1 aliphatic rings. The molecule has 7 nitrogen and oxygen atoms in total. The average Bonchev–Trinajstić information content (AvgIpc) is 3.32. The fourth-order valence-electron chi connectivity index (χ4n) is 5.00. The fourth-order valence-corrected chi connectivity index (χ4v) is 7.33. The van der Waals surface area contributed by atoms with Gasteiger partial charge in [0.2, 0.25) is 5.91 Å². The predicted octanol–water partition coefficient (Wildman–Crippen LogP) is 7.46. The molecule has 218 valence electrons. The minimum atomic E-state index is -0.409. The van der Waals surface area contributed by atoms with Crippen LogP contribution in [0.5, 0.6) is 5.75 Å². The minimum absolute atomic E-state index is 0.165. The molecule has 2 unspecified atom stereocenters. The van der Waals surface area contributed by atoms with Crippen LogP contribution in [0.4, 0.5) is 10.7 Å². The maximum Gasteiger partial charge on any atom is 0.341 e. The summed E-state index contributed by atoms with van der Waals surface area (Å²) < 4.78 is 10.3. The molecule has 0 bridgehead atoms. The van der Waals surface area contributed by atoms with Crippen molar-refractivity contribution < 1.29 is 23.9 Å². The van der Waals surface area contributed by atoms with Crippen LogP contribution in [-0.2, 0) is 22.4 Å². The summed E-state index contributed by atoms with van der Waals surface area (Å²) in [5, 5.41) is 6.16. The van der Waals surface area contributed by atoms with E-state index in [1.54, 1.807) is 31.4 Å². The van der Waals surface area contributed by atoms with Crippen LogP contribution in [0.3, 0.4) is 0 Å². The van der Waals surface area contributed by atoms with Gasteiger partial charge in [-0.3, -0.25) is 9.59 Å². The van der Waals surface area contributed by atoms with Gasteiger partial charge in [0.25, 0.3) is 5.91 Å². The molecule has 0 radical (unpaired) electrons. The largest absolute Gasteiger partial charge is 0.497 e. The fraction of sp³-hybridized carbons (Fsp3) is 0.406. The van der Waals surface area contributed by atoms with E-state index in [1.165, 1.54) is 30.2 Å². The van der Waals surface area contributed by atoms with Crippen molar-refractivity contribution >= 4 is 51.6 Å². The zero-order valence-electron chi connectivity index (χ0n) is 24.5. The Balaban J connectivity index is 1.48. The zero-order valence-corrected chi connectivity index (χ0v) is 26.1. The Kier molecular flexibility index (Phi) is 9.81. The highest BCUT2D eigenvalue weighted by Crippen LogP contribution is 2.44. The second-order valence-corrected chi connectivity index (χ2v) is 13.6. The van der Waals surface area contributed by atoms with Gasteiger partial charge >= 0.3 is 5.97 Å². The van der Waals surface area contributed by atoms with Crippen LogP contribution in [0.1, 0.15) is 71.7 Å². The van der Waals surface area contributed by atoms with Gasteiger partial charge in [0, 0.05) is 21.0 Å². The van der Waals surface area contributed by atoms with Crippen LogP contribution in [0.2, 0.25) is 0 Å². The number of amides is 2. The summed E-state index contributed by atoms with van der Waals surface area (Å²) >= 11 is 2.93. The molecule has 1 aromatic heterocycles. The summed E-state index contributed by atoms with van der Waals surface area (Å²) in [6.07, 6.45) is 3.28. The normalized spacial score (nSPS) is 15.4. The second kappa shape index (κ2) is 13.1. The van der Waals surface area contributed by atoms with Gasteiger partial charge in [-0.25, -0.2) is 4.79 Å². The lowest BCUT2D eigenvalue weighted by molar-refractivity contribution is -0.115. The van der Waals surface area contributed by atoms with Crippen molar-refractivity contribution in [1.29, 1.82) is 0 Å². The molecule has 2 atom stereocenters. The number of anilines is 2. The number of methoxy groups -OCH3 is 2. The Morgan fingerprint density at radius 1 is 1.07 bits per heavy atom. The van der Waals surface area contributed by atoms with Gasteiger partial charge in [-0.2, -0.15) is 0 Å². The molecule has 1 aliphatic carbocycles. The van der Waals surface area contributed by atoms with Gasteiger partial charge in [0.05, 0.1) is 25.0 Å². The van der Waals surface area contributed by atoms with Crippen molar-refractivity contribution in [3.63, 3.8) is 0 Å². The van der Waals surface area contributed by atoms with Crippen LogP contribution in [0.25, 0.3) is 0 Å². The Hall–Kier alpha value is -3.30. The number of carbonyl (C=O) groups is 3. The Morgan fingerprint density at radius 2 is 1.80 bits per heavy atom. The summed E-state index contributed by atoms with van der Waals surface area (Å²) in [5.41, 5.74) is 2.83. The first-order valence-corrected chi connectivity index (χ1v) is 15.5. The van der Waals surface area contributed by atoms with E-state index in [9.17, 15) is 14.4 Å². The van der Waals surface area contributed by atoms with Gasteiger partial charge in [0.1, 0.15) is 10.8 Å². The van der Waals surface area contributed by atoms with Gasteiger partial charge in [0.15, 0.2) is 0 Å². The highest BCUT2D eigenvalue weighted by molar-refractivity contribution is 8.00. The van der Waals surface area contributed by atoms with Gasteiger partial charge < -0.3 is 20.1 Å². The van der Waals surface area contributed by atoms with Gasteiger partial charge in [-0.05, 0) is 85.0 Å². The van der Waals surface area contributed by atoms with E-state index in [2.05, 4.69) is 31.4 Å². The highest BCUT2D eigenvalue weighted by atomic mass is 32.2. The number of benzene rings is 2. The van der Waals surface area contributed by atoms with Crippen LogP contribution >= 0.6 is 23.1 Å². The van der Waals surface area contributed by atoms with Gasteiger partial charge in [-0.1, -0.05) is 33.8 Å². The first kappa shape index (κ1) is 30.7. The maximum atomic E-state index is 13.5. The maximum absolute atomic E-state index is 13.5. The lowest BCUT2D eigenvalue weighted by atomic mass is 9.72. The molecule has 0 saturated heterocycles. The van der Waals surface area contributed by atoms with Crippen molar-refractivity contribution in [1.82, 2.24) is 0 Å². The van der Waals surface area contributed by atoms with Crippen LogP contribution in [0, 0.1) is 11.3 Å². The van der Waals surface area contributed by atoms with E-state index in [0.717, 1.165) is 34.6 Å². The number of rotatable bonds is 9. The SMILES string of the molecule is CCC(Sc1cccc(NC(=O)c2ccc(OC)cc2)c1)C(=O)Nc1sc2c(c1C(=O)OC)CCC(C(C)(C)C)C2. The van der Waals surface area contributed by atoms with Gasteiger partial charge in [-0.15, -0.1) is 23.1 Å². The molecular formula is C32H38N2O5S2. The van der Waals surface area contributed by atoms with Crippen molar-refractivity contribution in [2.45, 2.75) is 63.5 Å². The monoisotopic (exact) mass is 594 g/mol. The summed E-state index contributed by atoms with van der Waals surface area (Å²) in [5.74, 6) is 0.387. The molecule has 2 N–H and O–H groups in total. The summed E-state index contributed by atoms with van der Waals surface area (Å²) in [7, 11) is 2.96. The van der Waals surface area contributed by atoms with E-state index in [-0.39, 0.29) is 17.2 Å². The molecule has 0 fully saturated rings. The number of thiophene rings is 1. The standard InChI is InChI=1S/C32H38N2O5S2/c1-7-25(40-23-10-8-9-21(18-23)33-28(35)19-11-14-22(38-5)15-12-19)29(36)34-30-27(31(37)39-6)24-16-13-20(32(2,3)4)17-26(24)41-30/h8-12,14-15,18,20,25H,7,13,16-17H2,1-6H3,(H,33,35)(H,34,36). The first-order chi connectivity index (χ1) is 19.5. The molecular weight excluding hydrogens is 556 g/mol. The minimum Gasteiger partial charge on any atom is -0.497 e. The number of hydrogen-bond acceptors (Lipinski definition) is 7. The van der Waals surface area contributed by atoms with E-state index in [1.807, 2.05) is 31.2 Å². The van der Waals surface area contributed by atoms with E-state index < -0.39 is 11.2 Å². The van der Waals surface area contributed by atoms with Crippen molar-refractivity contribution in [3.8, 4) is 5.75 Å². The van der Waals surface area contributed by atoms with E-state index in [0.29, 0.717) is 39.9 Å². The predicted molar refractivity (Wildman–Crippen MR) is 167 cm³/mol. The number of esters is 1. The Labute approximate surface area is 250 Å². The third kappa shape index (κ3) is 7.32. The summed E-state index contributed by atoms with van der Waals surface area (Å²) in [6, 6.07) is 14.3. The van der Waals surface area contributed by atoms with Crippen LogP contribution < -0.4 is 15.4 Å². The summed E-state index contributed by atoms with van der Waals surface area (Å²) in [4.78, 5) is 41.0. The molecule has 41 heavy (non-hydrogen) atoms. The number of hydrogen-bond donors (Lipinski definition) is 2. The van der Waals surface area contributed by atoms with Crippen molar-refractivity contribution in [3.05, 3.63) is 70.1 Å². The third-order valence-corrected chi connectivity index (χ3v) is 10.0. The van der Waals surface area contributed by atoms with E-state index >= 15 is 0 Å². The third-order valence-electron chi connectivity index (χ3n) is 7.50. The number of fused-ring (bicyclic) bond motifs is 1. The molecule has 9 heteroatoms. The molecule has 1 heterocycles. The Morgan fingerprint density at radius 3 is 2.44 bits per heavy atom. The van der Waals surface area contributed by atoms with E-state index in [4.69, 9.17) is 9.47 Å². The second-order valence-electron chi connectivity index (χ2n) is 11.2. The molecule has 3 aromatic rings. The number of thioether (sulfide) groups is 1. The Bertz CT molecular complexity index is 1410. The summed E-state index contributed by atoms with van der Waals surface area (Å²) in [6.45, 7) is 8.72. The smallest absolute Gasteiger partial charge is 0.341 e. The zero-order chi connectivity index (χ0) is 29.7. The lowest BCUT2D eigenvalue weighted by Crippen LogP contribution is -2.27. The topological polar surface area (TPSA) is 93.7 Å². The number of carbonyl (C=O) groups excluding carboxylic acids is 3. The number of ether oxygens (including phenoxy) is 2. The highest BCUT2D eigenvalue weighted by Gasteiger charge is 2.35. The molecule has 2 amide bonds. The lowest BCUT2D eigenvalue weighted by Gasteiger charge is -2.33. The molecule has 0 saturated carbocycles. The molecule has 4 rings (SSSR count). The molecule has 0 spiro atoms. The van der Waals surface area contributed by atoms with Crippen molar-refractivity contribution in [2.24, 2.45) is 11.3 Å². The first-order valence-electron chi connectivity index (χ1n) is 13.8. The van der Waals surface area contributed by atoms with Crippen LogP contribution in [0.15, 0.2) is 53.4 Å². The molecule has 0 aliphatic heterocycles. The van der Waals surface area contributed by atoms with Crippen LogP contribution in [-0.4, -0.2) is 37.3 Å².